The van der Waals surface area contributed by atoms with Crippen LogP contribution in [-0.4, -0.2) is 10.6 Å². The van der Waals surface area contributed by atoms with Gasteiger partial charge in [-0.2, -0.15) is 0 Å². The molecule has 0 N–H and O–H groups in total. The summed E-state index contributed by atoms with van der Waals surface area (Å²) in [5.74, 6) is 0. The largest absolute Gasteiger partial charge is 0.276 e. The van der Waals surface area contributed by atoms with Crippen molar-refractivity contribution in [3.63, 3.8) is 0 Å². The minimum atomic E-state index is -0.411. The van der Waals surface area contributed by atoms with Gasteiger partial charge in [-0.15, -0.1) is 23.2 Å². The number of benzene rings is 2. The third-order valence-electron chi connectivity index (χ3n) is 1.98. The van der Waals surface area contributed by atoms with E-state index in [1.807, 2.05) is 30.3 Å². The molecule has 0 atom stereocenters. The van der Waals surface area contributed by atoms with Gasteiger partial charge in [0.1, 0.15) is 0 Å². The highest BCUT2D eigenvalue weighted by molar-refractivity contribution is 6.67. The molecule has 0 radical (unpaired) electrons. The second-order valence-corrected chi connectivity index (χ2v) is 4.09. The molecular formula is C12H9Cl3O. The van der Waals surface area contributed by atoms with E-state index in [-0.39, 0.29) is 5.34 Å². The van der Waals surface area contributed by atoms with Crippen molar-refractivity contribution in [2.24, 2.45) is 0 Å². The summed E-state index contributed by atoms with van der Waals surface area (Å²) in [4.78, 5) is 10.9. The van der Waals surface area contributed by atoms with Crippen molar-refractivity contribution in [1.29, 1.82) is 0 Å². The number of alkyl halides is 2. The van der Waals surface area contributed by atoms with Crippen molar-refractivity contribution in [2.45, 2.75) is 0 Å². The number of halogens is 3. The summed E-state index contributed by atoms with van der Waals surface area (Å²) in [7, 11) is 0. The Labute approximate surface area is 109 Å². The Kier molecular flexibility index (Phi) is 5.61. The van der Waals surface area contributed by atoms with Crippen LogP contribution in [0.5, 0.6) is 0 Å². The summed E-state index contributed by atoms with van der Waals surface area (Å²) in [5, 5.41) is 1.93. The number of fused-ring (bicyclic) bond motifs is 1. The lowest BCUT2D eigenvalue weighted by Gasteiger charge is -1.98. The molecule has 2 aromatic rings. The zero-order chi connectivity index (χ0) is 12.0. The van der Waals surface area contributed by atoms with Crippen molar-refractivity contribution >= 4 is 50.8 Å². The molecule has 84 valence electrons. The maximum absolute atomic E-state index is 10.9. The number of hydrogen-bond acceptors (Lipinski definition) is 1. The molecule has 0 aliphatic carbocycles. The molecule has 1 nitrogen and oxygen atoms in total. The maximum Gasteiger partial charge on any atom is 0.252 e. The molecule has 0 amide bonds. The van der Waals surface area contributed by atoms with Crippen LogP contribution in [0.25, 0.3) is 10.8 Å². The topological polar surface area (TPSA) is 17.1 Å². The van der Waals surface area contributed by atoms with Gasteiger partial charge in [0.15, 0.2) is 0 Å². The van der Waals surface area contributed by atoms with Crippen LogP contribution in [0.2, 0.25) is 0 Å². The van der Waals surface area contributed by atoms with Crippen molar-refractivity contribution in [1.82, 2.24) is 0 Å². The minimum Gasteiger partial charge on any atom is -0.276 e. The average molecular weight is 276 g/mol. The van der Waals surface area contributed by atoms with Crippen LogP contribution in [0.1, 0.15) is 10.4 Å². The second kappa shape index (κ2) is 6.74. The molecule has 0 saturated carbocycles. The lowest BCUT2D eigenvalue weighted by Crippen LogP contribution is -1.87. The van der Waals surface area contributed by atoms with E-state index in [0.29, 0.717) is 5.56 Å². The predicted molar refractivity (Wildman–Crippen MR) is 70.7 cm³/mol. The van der Waals surface area contributed by atoms with Crippen LogP contribution >= 0.6 is 34.8 Å². The molecule has 0 fully saturated rings. The lowest BCUT2D eigenvalue weighted by atomic mass is 10.1. The van der Waals surface area contributed by atoms with Gasteiger partial charge in [0.05, 0.1) is 5.34 Å². The Morgan fingerprint density at radius 1 is 1.00 bits per heavy atom. The van der Waals surface area contributed by atoms with E-state index in [4.69, 9.17) is 34.8 Å². The molecule has 16 heavy (non-hydrogen) atoms. The van der Waals surface area contributed by atoms with E-state index in [1.165, 1.54) is 0 Å². The van der Waals surface area contributed by atoms with E-state index < -0.39 is 5.24 Å². The molecule has 0 bridgehead atoms. The minimum absolute atomic E-state index is 0.194. The molecule has 0 aliphatic rings. The Morgan fingerprint density at radius 3 is 2.12 bits per heavy atom. The monoisotopic (exact) mass is 274 g/mol. The first-order valence-electron chi connectivity index (χ1n) is 4.49. The maximum atomic E-state index is 10.9. The van der Waals surface area contributed by atoms with Gasteiger partial charge in [-0.25, -0.2) is 0 Å². The fourth-order valence-corrected chi connectivity index (χ4v) is 1.43. The molecular weight excluding hydrogens is 266 g/mol. The van der Waals surface area contributed by atoms with Gasteiger partial charge in [-0.05, 0) is 34.5 Å². The van der Waals surface area contributed by atoms with Crippen molar-refractivity contribution in [3.8, 4) is 0 Å². The van der Waals surface area contributed by atoms with Crippen LogP contribution < -0.4 is 0 Å². The van der Waals surface area contributed by atoms with Crippen molar-refractivity contribution < 1.29 is 4.79 Å². The highest BCUT2D eigenvalue weighted by Gasteiger charge is 2.01. The van der Waals surface area contributed by atoms with E-state index >= 15 is 0 Å². The van der Waals surface area contributed by atoms with Gasteiger partial charge in [0.25, 0.3) is 5.24 Å². The lowest BCUT2D eigenvalue weighted by molar-refractivity contribution is 0.108. The molecule has 2 rings (SSSR count). The van der Waals surface area contributed by atoms with Gasteiger partial charge in [-0.3, -0.25) is 4.79 Å². The second-order valence-electron chi connectivity index (χ2n) is 2.94. The number of carbonyl (C=O) groups excluding carboxylic acids is 1. The third-order valence-corrected chi connectivity index (χ3v) is 2.19. The van der Waals surface area contributed by atoms with Crippen molar-refractivity contribution in [2.75, 3.05) is 5.34 Å². The van der Waals surface area contributed by atoms with E-state index in [2.05, 4.69) is 0 Å². The zero-order valence-electron chi connectivity index (χ0n) is 8.29. The average Bonchev–Trinajstić information content (AvgIpc) is 2.29. The van der Waals surface area contributed by atoms with Crippen LogP contribution in [0.3, 0.4) is 0 Å². The summed E-state index contributed by atoms with van der Waals surface area (Å²) >= 11 is 14.9. The quantitative estimate of drug-likeness (QED) is 0.547. The fraction of sp³-hybridized carbons (Fsp3) is 0.0833. The molecule has 0 aromatic heterocycles. The first kappa shape index (κ1) is 13.3. The number of carbonyl (C=O) groups is 1. The highest BCUT2D eigenvalue weighted by Crippen LogP contribution is 2.16. The summed E-state index contributed by atoms with van der Waals surface area (Å²) in [6.07, 6.45) is 0. The SMILES string of the molecule is ClCCl.O=C(Cl)c1ccc2ccccc2c1. The Hall–Kier alpha value is -0.760. The van der Waals surface area contributed by atoms with Gasteiger partial charge in [-0.1, -0.05) is 30.3 Å². The normalized spacial score (nSPS) is 9.44. The summed E-state index contributed by atoms with van der Waals surface area (Å²) in [6, 6.07) is 13.3. The molecule has 2 aromatic carbocycles. The van der Waals surface area contributed by atoms with E-state index in [0.717, 1.165) is 10.8 Å². The van der Waals surface area contributed by atoms with Crippen LogP contribution in [0.15, 0.2) is 42.5 Å². The third kappa shape index (κ3) is 3.67. The molecule has 0 aliphatic heterocycles. The molecule has 0 heterocycles. The Balaban J connectivity index is 0.000000386. The standard InChI is InChI=1S/C11H7ClO.CH2Cl2/c12-11(13)10-6-5-8-3-1-2-4-9(8)7-10;2-1-3/h1-7H;1H2. The summed E-state index contributed by atoms with van der Waals surface area (Å²) in [5.41, 5.74) is 0.542. The Bertz CT molecular complexity index is 482. The summed E-state index contributed by atoms with van der Waals surface area (Å²) in [6.45, 7) is 0. The van der Waals surface area contributed by atoms with Crippen LogP contribution in [0.4, 0.5) is 0 Å². The van der Waals surface area contributed by atoms with E-state index in [9.17, 15) is 4.79 Å². The fourth-order valence-electron chi connectivity index (χ4n) is 1.31. The summed E-state index contributed by atoms with van der Waals surface area (Å²) < 4.78 is 0. The Morgan fingerprint density at radius 2 is 1.56 bits per heavy atom. The van der Waals surface area contributed by atoms with E-state index in [1.54, 1.807) is 12.1 Å². The van der Waals surface area contributed by atoms with Crippen LogP contribution in [0, 0.1) is 0 Å². The molecule has 4 heteroatoms. The highest BCUT2D eigenvalue weighted by atomic mass is 35.5. The predicted octanol–water partition coefficient (Wildman–Crippen LogP) is 4.64. The van der Waals surface area contributed by atoms with Gasteiger partial charge in [0.2, 0.25) is 0 Å². The zero-order valence-corrected chi connectivity index (χ0v) is 10.6. The molecule has 0 spiro atoms. The van der Waals surface area contributed by atoms with Gasteiger partial charge in [0, 0.05) is 5.56 Å². The molecule has 0 unspecified atom stereocenters. The first-order valence-corrected chi connectivity index (χ1v) is 5.94. The van der Waals surface area contributed by atoms with Crippen molar-refractivity contribution in [3.05, 3.63) is 48.0 Å². The number of rotatable bonds is 1. The smallest absolute Gasteiger partial charge is 0.252 e. The molecule has 0 saturated heterocycles. The van der Waals surface area contributed by atoms with Gasteiger partial charge >= 0.3 is 0 Å². The number of hydrogen-bond donors (Lipinski definition) is 0. The first-order chi connectivity index (χ1) is 7.69. The van der Waals surface area contributed by atoms with Crippen LogP contribution in [-0.2, 0) is 0 Å². The van der Waals surface area contributed by atoms with Gasteiger partial charge < -0.3 is 0 Å².